The SMILES string of the molecule is Cc1cc(C)c(C)c(S(=O)(=O)N2CCC[C@H]2c2nc(-c3ccccc3)no2)c1C. The summed E-state index contributed by atoms with van der Waals surface area (Å²) in [6.45, 7) is 8.10. The van der Waals surface area contributed by atoms with E-state index in [1.807, 2.05) is 64.1 Å². The highest BCUT2D eigenvalue weighted by Gasteiger charge is 2.41. The number of aryl methyl sites for hydroxylation is 2. The Kier molecular flexibility index (Phi) is 5.04. The lowest BCUT2D eigenvalue weighted by Gasteiger charge is -2.25. The zero-order valence-electron chi connectivity index (χ0n) is 17.1. The Morgan fingerprint density at radius 2 is 1.69 bits per heavy atom. The predicted octanol–water partition coefficient (Wildman–Crippen LogP) is 4.50. The Morgan fingerprint density at radius 1 is 1.03 bits per heavy atom. The van der Waals surface area contributed by atoms with Gasteiger partial charge in [0.15, 0.2) is 0 Å². The van der Waals surface area contributed by atoms with Crippen LogP contribution in [0.3, 0.4) is 0 Å². The molecular weight excluding hydrogens is 386 g/mol. The van der Waals surface area contributed by atoms with Crippen molar-refractivity contribution in [2.75, 3.05) is 6.54 Å². The van der Waals surface area contributed by atoms with E-state index in [-0.39, 0.29) is 0 Å². The van der Waals surface area contributed by atoms with Crippen molar-refractivity contribution in [3.63, 3.8) is 0 Å². The van der Waals surface area contributed by atoms with Gasteiger partial charge in [0.1, 0.15) is 6.04 Å². The molecule has 0 saturated carbocycles. The van der Waals surface area contributed by atoms with Crippen molar-refractivity contribution in [3.05, 3.63) is 64.5 Å². The van der Waals surface area contributed by atoms with Gasteiger partial charge >= 0.3 is 0 Å². The number of hydrogen-bond acceptors (Lipinski definition) is 5. The molecule has 4 rings (SSSR count). The molecule has 0 amide bonds. The Hall–Kier alpha value is -2.51. The highest BCUT2D eigenvalue weighted by atomic mass is 32.2. The van der Waals surface area contributed by atoms with Crippen molar-refractivity contribution in [3.8, 4) is 11.4 Å². The van der Waals surface area contributed by atoms with Gasteiger partial charge in [0.25, 0.3) is 0 Å². The van der Waals surface area contributed by atoms with E-state index in [2.05, 4.69) is 10.1 Å². The fourth-order valence-electron chi connectivity index (χ4n) is 4.03. The molecule has 1 atom stereocenters. The van der Waals surface area contributed by atoms with Gasteiger partial charge in [-0.05, 0) is 62.8 Å². The quantitative estimate of drug-likeness (QED) is 0.632. The fourth-order valence-corrected chi connectivity index (χ4v) is 6.26. The van der Waals surface area contributed by atoms with Crippen molar-refractivity contribution in [1.82, 2.24) is 14.4 Å². The molecule has 6 nitrogen and oxygen atoms in total. The molecule has 2 aromatic carbocycles. The summed E-state index contributed by atoms with van der Waals surface area (Å²) < 4.78 is 34.4. The topological polar surface area (TPSA) is 76.3 Å². The van der Waals surface area contributed by atoms with Gasteiger partial charge in [0.05, 0.1) is 4.90 Å². The highest BCUT2D eigenvalue weighted by molar-refractivity contribution is 7.89. The van der Waals surface area contributed by atoms with Crippen LogP contribution in [0, 0.1) is 27.7 Å². The molecule has 29 heavy (non-hydrogen) atoms. The lowest BCUT2D eigenvalue weighted by atomic mass is 10.0. The standard InChI is InChI=1S/C22H25N3O3S/c1-14-13-15(2)17(4)20(16(14)3)29(26,27)25-12-8-11-19(25)22-23-21(24-28-22)18-9-6-5-7-10-18/h5-7,9-10,13,19H,8,11-12H2,1-4H3/t19-/m0/s1. The number of sulfonamides is 1. The maximum absolute atomic E-state index is 13.7. The summed E-state index contributed by atoms with van der Waals surface area (Å²) in [6, 6.07) is 11.1. The van der Waals surface area contributed by atoms with Gasteiger partial charge in [-0.2, -0.15) is 9.29 Å². The van der Waals surface area contributed by atoms with E-state index in [4.69, 9.17) is 4.52 Å². The molecule has 3 aromatic rings. The van der Waals surface area contributed by atoms with Crippen LogP contribution in [0.4, 0.5) is 0 Å². The summed E-state index contributed by atoms with van der Waals surface area (Å²) in [5.41, 5.74) is 4.40. The average molecular weight is 412 g/mol. The second-order valence-electron chi connectivity index (χ2n) is 7.69. The lowest BCUT2D eigenvalue weighted by Crippen LogP contribution is -2.32. The average Bonchev–Trinajstić information content (AvgIpc) is 3.37. The van der Waals surface area contributed by atoms with Crippen LogP contribution >= 0.6 is 0 Å². The molecule has 1 aliphatic rings. The second-order valence-corrected chi connectivity index (χ2v) is 9.51. The third kappa shape index (κ3) is 3.38. The summed E-state index contributed by atoms with van der Waals surface area (Å²) in [5.74, 6) is 0.827. The van der Waals surface area contributed by atoms with Crippen LogP contribution in [0.2, 0.25) is 0 Å². The minimum atomic E-state index is -3.69. The van der Waals surface area contributed by atoms with Crippen molar-refractivity contribution in [2.24, 2.45) is 0 Å². The fraction of sp³-hybridized carbons (Fsp3) is 0.364. The molecule has 1 saturated heterocycles. The van der Waals surface area contributed by atoms with Crippen molar-refractivity contribution in [1.29, 1.82) is 0 Å². The minimum absolute atomic E-state index is 0.351. The first-order chi connectivity index (χ1) is 13.8. The molecule has 1 aromatic heterocycles. The van der Waals surface area contributed by atoms with Crippen LogP contribution in [0.15, 0.2) is 45.8 Å². The monoisotopic (exact) mass is 411 g/mol. The summed E-state index contributed by atoms with van der Waals surface area (Å²) in [7, 11) is -3.69. The second kappa shape index (κ2) is 7.39. The molecule has 0 unspecified atom stereocenters. The van der Waals surface area contributed by atoms with Gasteiger partial charge in [-0.1, -0.05) is 41.6 Å². The Labute approximate surface area is 171 Å². The van der Waals surface area contributed by atoms with Gasteiger partial charge in [-0.25, -0.2) is 8.42 Å². The normalized spacial score (nSPS) is 17.7. The Morgan fingerprint density at radius 3 is 2.34 bits per heavy atom. The summed E-state index contributed by atoms with van der Waals surface area (Å²) in [4.78, 5) is 4.92. The third-order valence-corrected chi connectivity index (χ3v) is 8.01. The molecule has 7 heteroatoms. The molecule has 0 spiro atoms. The lowest BCUT2D eigenvalue weighted by molar-refractivity contribution is 0.290. The zero-order valence-corrected chi connectivity index (χ0v) is 18.0. The molecule has 0 aliphatic carbocycles. The summed E-state index contributed by atoms with van der Waals surface area (Å²) in [5, 5.41) is 4.08. The smallest absolute Gasteiger partial charge is 0.245 e. The Bertz CT molecular complexity index is 1130. The first-order valence-electron chi connectivity index (χ1n) is 9.79. The molecule has 0 bridgehead atoms. The summed E-state index contributed by atoms with van der Waals surface area (Å²) >= 11 is 0. The maximum atomic E-state index is 13.7. The van der Waals surface area contributed by atoms with Crippen LogP contribution < -0.4 is 0 Å². The first-order valence-corrected chi connectivity index (χ1v) is 11.2. The number of rotatable bonds is 4. The molecular formula is C22H25N3O3S. The highest BCUT2D eigenvalue weighted by Crippen LogP contribution is 2.39. The van der Waals surface area contributed by atoms with E-state index in [1.54, 1.807) is 0 Å². The van der Waals surface area contributed by atoms with Crippen molar-refractivity contribution < 1.29 is 12.9 Å². The minimum Gasteiger partial charge on any atom is -0.337 e. The molecule has 1 fully saturated rings. The van der Waals surface area contributed by atoms with E-state index in [1.165, 1.54) is 4.31 Å². The van der Waals surface area contributed by atoms with Crippen molar-refractivity contribution >= 4 is 10.0 Å². The summed E-state index contributed by atoms with van der Waals surface area (Å²) in [6.07, 6.45) is 1.42. The van der Waals surface area contributed by atoms with Crippen LogP contribution in [0.1, 0.15) is 47.0 Å². The number of nitrogens with zero attached hydrogens (tertiary/aromatic N) is 3. The largest absolute Gasteiger partial charge is 0.337 e. The molecule has 2 heterocycles. The maximum Gasteiger partial charge on any atom is 0.245 e. The number of hydrogen-bond donors (Lipinski definition) is 0. The molecule has 152 valence electrons. The first kappa shape index (κ1) is 19.8. The number of aromatic nitrogens is 2. The number of benzene rings is 2. The van der Waals surface area contributed by atoms with E-state index in [9.17, 15) is 8.42 Å². The molecule has 1 aliphatic heterocycles. The van der Waals surface area contributed by atoms with Crippen LogP contribution in [-0.2, 0) is 10.0 Å². The van der Waals surface area contributed by atoms with Gasteiger partial charge in [0, 0.05) is 12.1 Å². The third-order valence-electron chi connectivity index (χ3n) is 5.83. The van der Waals surface area contributed by atoms with Gasteiger partial charge < -0.3 is 4.52 Å². The molecule has 0 N–H and O–H groups in total. The predicted molar refractivity (Wildman–Crippen MR) is 111 cm³/mol. The Balaban J connectivity index is 1.74. The molecule has 0 radical (unpaired) electrons. The van der Waals surface area contributed by atoms with Crippen molar-refractivity contribution in [2.45, 2.75) is 51.5 Å². The van der Waals surface area contributed by atoms with Crippen LogP contribution in [-0.4, -0.2) is 29.4 Å². The van der Waals surface area contributed by atoms with Crippen LogP contribution in [0.5, 0.6) is 0 Å². The van der Waals surface area contributed by atoms with E-state index in [0.29, 0.717) is 29.6 Å². The van der Waals surface area contributed by atoms with Gasteiger partial charge in [-0.3, -0.25) is 0 Å². The van der Waals surface area contributed by atoms with E-state index < -0.39 is 16.1 Å². The van der Waals surface area contributed by atoms with Crippen LogP contribution in [0.25, 0.3) is 11.4 Å². The van der Waals surface area contributed by atoms with Gasteiger partial charge in [0.2, 0.25) is 21.7 Å². The van der Waals surface area contributed by atoms with E-state index in [0.717, 1.165) is 34.2 Å². The zero-order chi connectivity index (χ0) is 20.8. The van der Waals surface area contributed by atoms with E-state index >= 15 is 0 Å². The van der Waals surface area contributed by atoms with Gasteiger partial charge in [-0.15, -0.1) is 0 Å².